The molecule has 2 atom stereocenters. The van der Waals surface area contributed by atoms with E-state index in [1.807, 2.05) is 24.3 Å². The van der Waals surface area contributed by atoms with Crippen LogP contribution < -0.4 is 0 Å². The molecule has 2 rings (SSSR count). The Morgan fingerprint density at radius 2 is 1.13 bits per heavy atom. The summed E-state index contributed by atoms with van der Waals surface area (Å²) in [7, 11) is 0. The summed E-state index contributed by atoms with van der Waals surface area (Å²) in [5, 5.41) is 36.5. The van der Waals surface area contributed by atoms with Gasteiger partial charge in [0.2, 0.25) is 0 Å². The molecule has 0 aromatic carbocycles. The number of hydrogen-bond donors (Lipinski definition) is 0. The Balaban J connectivity index is 2.74. The van der Waals surface area contributed by atoms with Crippen molar-refractivity contribution in [2.24, 2.45) is 22.7 Å². The minimum absolute atomic E-state index is 0.281. The minimum Gasteiger partial charge on any atom is -0.196 e. The van der Waals surface area contributed by atoms with E-state index < -0.39 is 10.8 Å². The zero-order valence-electron chi connectivity index (χ0n) is 7.81. The summed E-state index contributed by atoms with van der Waals surface area (Å²) in [5.74, 6) is -0.561. The summed E-state index contributed by atoms with van der Waals surface area (Å²) in [6, 6.07) is 7.58. The summed E-state index contributed by atoms with van der Waals surface area (Å²) >= 11 is 0. The van der Waals surface area contributed by atoms with Crippen LogP contribution in [0.15, 0.2) is 12.2 Å². The van der Waals surface area contributed by atoms with Crippen LogP contribution >= 0.6 is 0 Å². The molecular formula is C11H6N4. The number of hydrogen-bond acceptors (Lipinski definition) is 4. The molecule has 0 spiro atoms. The second kappa shape index (κ2) is 2.60. The number of nitriles is 4. The molecule has 1 saturated carbocycles. The maximum Gasteiger partial charge on any atom is 0.182 e. The molecule has 1 fully saturated rings. The Morgan fingerprint density at radius 1 is 0.800 bits per heavy atom. The Hall–Kier alpha value is -2.30. The van der Waals surface area contributed by atoms with E-state index in [2.05, 4.69) is 0 Å². The highest BCUT2D eigenvalue weighted by Crippen LogP contribution is 2.62. The van der Waals surface area contributed by atoms with Crippen LogP contribution in [0.3, 0.4) is 0 Å². The molecule has 2 bridgehead atoms. The Bertz CT molecular complexity index is 429. The maximum absolute atomic E-state index is 9.13. The van der Waals surface area contributed by atoms with Crippen LogP contribution in [0, 0.1) is 68.0 Å². The van der Waals surface area contributed by atoms with E-state index in [4.69, 9.17) is 21.0 Å². The van der Waals surface area contributed by atoms with Crippen LogP contribution in [0.1, 0.15) is 6.42 Å². The summed E-state index contributed by atoms with van der Waals surface area (Å²) in [6.45, 7) is 0. The van der Waals surface area contributed by atoms with Crippen molar-refractivity contribution in [1.82, 2.24) is 0 Å². The normalized spacial score (nSPS) is 32.3. The largest absolute Gasteiger partial charge is 0.196 e. The molecule has 0 unspecified atom stereocenters. The van der Waals surface area contributed by atoms with Gasteiger partial charge in [0.1, 0.15) is 0 Å². The predicted molar refractivity (Wildman–Crippen MR) is 48.1 cm³/mol. The van der Waals surface area contributed by atoms with Crippen molar-refractivity contribution >= 4 is 0 Å². The van der Waals surface area contributed by atoms with Crippen molar-refractivity contribution in [3.05, 3.63) is 12.2 Å². The molecule has 70 valence electrons. The molecule has 0 aromatic rings. The van der Waals surface area contributed by atoms with Gasteiger partial charge in [-0.3, -0.25) is 0 Å². The van der Waals surface area contributed by atoms with Gasteiger partial charge in [-0.25, -0.2) is 0 Å². The molecule has 0 saturated heterocycles. The first-order valence-electron chi connectivity index (χ1n) is 4.54. The molecule has 0 amide bonds. The first kappa shape index (κ1) is 9.26. The average Bonchev–Trinajstić information content (AvgIpc) is 2.85. The molecule has 4 heteroatoms. The predicted octanol–water partition coefficient (Wildman–Crippen LogP) is 1.26. The SMILES string of the molecule is N#CC1(C#N)[C@@H]2C=C[C@@H](C2)C1(C#N)C#N. The van der Waals surface area contributed by atoms with Gasteiger partial charge in [-0.05, 0) is 6.42 Å². The second-order valence-corrected chi connectivity index (χ2v) is 3.90. The van der Waals surface area contributed by atoms with Gasteiger partial charge in [0.15, 0.2) is 10.8 Å². The van der Waals surface area contributed by atoms with Crippen LogP contribution in [0.5, 0.6) is 0 Å². The van der Waals surface area contributed by atoms with Crippen molar-refractivity contribution in [3.8, 4) is 24.3 Å². The third-order valence-electron chi connectivity index (χ3n) is 3.52. The van der Waals surface area contributed by atoms with Crippen molar-refractivity contribution in [3.63, 3.8) is 0 Å². The fourth-order valence-electron chi connectivity index (χ4n) is 2.66. The van der Waals surface area contributed by atoms with Gasteiger partial charge in [0, 0.05) is 11.8 Å². The lowest BCUT2D eigenvalue weighted by Crippen LogP contribution is -2.41. The van der Waals surface area contributed by atoms with Gasteiger partial charge in [-0.2, -0.15) is 21.0 Å². The molecular weight excluding hydrogens is 188 g/mol. The van der Waals surface area contributed by atoms with Gasteiger partial charge < -0.3 is 0 Å². The number of rotatable bonds is 0. The third-order valence-corrected chi connectivity index (χ3v) is 3.52. The molecule has 2 aliphatic rings. The van der Waals surface area contributed by atoms with E-state index in [1.54, 1.807) is 12.2 Å². The zero-order chi connectivity index (χ0) is 11.1. The highest BCUT2D eigenvalue weighted by molar-refractivity contribution is 5.46. The highest BCUT2D eigenvalue weighted by atomic mass is 14.7. The summed E-state index contributed by atoms with van der Waals surface area (Å²) < 4.78 is 0. The molecule has 15 heavy (non-hydrogen) atoms. The summed E-state index contributed by atoms with van der Waals surface area (Å²) in [6.07, 6.45) is 4.12. The molecule has 0 heterocycles. The first-order chi connectivity index (χ1) is 7.20. The lowest BCUT2D eigenvalue weighted by atomic mass is 9.61. The fraction of sp³-hybridized carbons (Fsp3) is 0.455. The van der Waals surface area contributed by atoms with Crippen molar-refractivity contribution < 1.29 is 0 Å². The lowest BCUT2D eigenvalue weighted by Gasteiger charge is -2.31. The fourth-order valence-corrected chi connectivity index (χ4v) is 2.66. The molecule has 0 aliphatic heterocycles. The van der Waals surface area contributed by atoms with E-state index in [-0.39, 0.29) is 11.8 Å². The van der Waals surface area contributed by atoms with E-state index in [0.29, 0.717) is 6.42 Å². The van der Waals surface area contributed by atoms with Crippen molar-refractivity contribution in [1.29, 1.82) is 21.0 Å². The summed E-state index contributed by atoms with van der Waals surface area (Å²) in [4.78, 5) is 0. The van der Waals surface area contributed by atoms with E-state index in [1.165, 1.54) is 0 Å². The number of fused-ring (bicyclic) bond motifs is 2. The van der Waals surface area contributed by atoms with Gasteiger partial charge in [-0.1, -0.05) is 12.2 Å². The molecule has 0 radical (unpaired) electrons. The van der Waals surface area contributed by atoms with E-state index in [0.717, 1.165) is 0 Å². The van der Waals surface area contributed by atoms with Crippen LogP contribution in [-0.4, -0.2) is 0 Å². The quantitative estimate of drug-likeness (QED) is 0.542. The maximum atomic E-state index is 9.13. The molecule has 0 N–H and O–H groups in total. The second-order valence-electron chi connectivity index (χ2n) is 3.90. The first-order valence-corrected chi connectivity index (χ1v) is 4.54. The van der Waals surface area contributed by atoms with Gasteiger partial charge >= 0.3 is 0 Å². The van der Waals surface area contributed by atoms with Crippen LogP contribution in [-0.2, 0) is 0 Å². The van der Waals surface area contributed by atoms with Crippen LogP contribution in [0.25, 0.3) is 0 Å². The molecule has 0 aromatic heterocycles. The topological polar surface area (TPSA) is 95.2 Å². The Kier molecular flexibility index (Phi) is 1.61. The highest BCUT2D eigenvalue weighted by Gasteiger charge is 2.69. The van der Waals surface area contributed by atoms with Gasteiger partial charge in [-0.15, -0.1) is 0 Å². The average molecular weight is 194 g/mol. The lowest BCUT2D eigenvalue weighted by molar-refractivity contribution is 0.276. The third kappa shape index (κ3) is 0.698. The number of nitrogens with zero attached hydrogens (tertiary/aromatic N) is 4. The van der Waals surface area contributed by atoms with E-state index >= 15 is 0 Å². The smallest absolute Gasteiger partial charge is 0.182 e. The van der Waals surface area contributed by atoms with E-state index in [9.17, 15) is 0 Å². The Labute approximate surface area is 87.3 Å². The van der Waals surface area contributed by atoms with Crippen LogP contribution in [0.2, 0.25) is 0 Å². The standard InChI is InChI=1S/C11H6N4/c12-4-10(5-13)8-1-2-9(3-8)11(10,6-14)7-15/h1-2,8-9H,3H2/t8-,9+. The molecule has 2 aliphatic carbocycles. The van der Waals surface area contributed by atoms with Crippen molar-refractivity contribution in [2.75, 3.05) is 0 Å². The monoisotopic (exact) mass is 194 g/mol. The van der Waals surface area contributed by atoms with Gasteiger partial charge in [0.25, 0.3) is 0 Å². The minimum atomic E-state index is -1.49. The number of allylic oxidation sites excluding steroid dienone is 2. The molecule has 4 nitrogen and oxygen atoms in total. The summed E-state index contributed by atoms with van der Waals surface area (Å²) in [5.41, 5.74) is -2.98. The van der Waals surface area contributed by atoms with Gasteiger partial charge in [0.05, 0.1) is 24.3 Å². The zero-order valence-corrected chi connectivity index (χ0v) is 7.81. The van der Waals surface area contributed by atoms with Crippen molar-refractivity contribution in [2.45, 2.75) is 6.42 Å². The Morgan fingerprint density at radius 3 is 1.40 bits per heavy atom. The van der Waals surface area contributed by atoms with Crippen LogP contribution in [0.4, 0.5) is 0 Å².